The first-order valence-electron chi connectivity index (χ1n) is 24.8. The van der Waals surface area contributed by atoms with Crippen molar-refractivity contribution in [1.82, 2.24) is 4.57 Å². The number of fused-ring (bicyclic) bond motifs is 3. The molecule has 0 radical (unpaired) electrons. The SMILES string of the molecule is CC(C)(C)c1cc(-c2cc(N(c3cc(C(C)(C)C)cc(C(C)(C)C)c3)c3ccc4ccc5c(-n6c7ccccc7c7ccccc76)ccc6ccc3c4c65)ccc2C(C)(C)C)cc(C(C)(C)C)c1. The minimum absolute atomic E-state index is 0.0125. The van der Waals surface area contributed by atoms with Crippen LogP contribution in [-0.4, -0.2) is 4.57 Å². The summed E-state index contributed by atoms with van der Waals surface area (Å²) in [6.45, 7) is 35.2. The summed E-state index contributed by atoms with van der Waals surface area (Å²) < 4.78 is 2.48. The number of nitrogens with zero attached hydrogens (tertiary/aromatic N) is 2. The molecule has 9 aromatic carbocycles. The third-order valence-electron chi connectivity index (χ3n) is 14.6. The molecule has 344 valence electrons. The van der Waals surface area contributed by atoms with Crippen molar-refractivity contribution in [2.24, 2.45) is 0 Å². The predicted molar refractivity (Wildman–Crippen MR) is 298 cm³/mol. The fourth-order valence-corrected chi connectivity index (χ4v) is 10.6. The van der Waals surface area contributed by atoms with Gasteiger partial charge in [-0.25, -0.2) is 0 Å². The van der Waals surface area contributed by atoms with Crippen LogP contribution in [0.5, 0.6) is 0 Å². The monoisotopic (exact) mass is 891 g/mol. The van der Waals surface area contributed by atoms with E-state index in [0.29, 0.717) is 0 Å². The normalized spacial score (nSPS) is 13.2. The van der Waals surface area contributed by atoms with Gasteiger partial charge in [0.2, 0.25) is 0 Å². The molecule has 0 amide bonds. The van der Waals surface area contributed by atoms with E-state index < -0.39 is 0 Å². The molecule has 1 aromatic heterocycles. The van der Waals surface area contributed by atoms with Gasteiger partial charge in [0.05, 0.1) is 22.4 Å². The maximum atomic E-state index is 2.58. The average Bonchev–Trinajstić information content (AvgIpc) is 3.61. The summed E-state index contributed by atoms with van der Waals surface area (Å²) in [7, 11) is 0. The van der Waals surface area contributed by atoms with E-state index in [-0.39, 0.29) is 27.1 Å². The van der Waals surface area contributed by atoms with Crippen molar-refractivity contribution in [2.45, 2.75) is 131 Å². The minimum atomic E-state index is -0.0923. The molecule has 0 saturated heterocycles. The summed E-state index contributed by atoms with van der Waals surface area (Å²) in [5.74, 6) is 0. The van der Waals surface area contributed by atoms with Crippen LogP contribution in [0.3, 0.4) is 0 Å². The molecule has 0 saturated carbocycles. The highest BCUT2D eigenvalue weighted by atomic mass is 15.1. The van der Waals surface area contributed by atoms with Crippen molar-refractivity contribution in [1.29, 1.82) is 0 Å². The molecule has 2 heteroatoms. The first-order chi connectivity index (χ1) is 31.9. The molecule has 10 rings (SSSR count). The number of hydrogen-bond donors (Lipinski definition) is 0. The van der Waals surface area contributed by atoms with Gasteiger partial charge < -0.3 is 9.47 Å². The van der Waals surface area contributed by atoms with Gasteiger partial charge in [0.25, 0.3) is 0 Å². The van der Waals surface area contributed by atoms with Crippen molar-refractivity contribution >= 4 is 71.2 Å². The Balaban J connectivity index is 1.30. The Hall–Kier alpha value is -6.38. The van der Waals surface area contributed by atoms with Gasteiger partial charge in [0, 0.05) is 32.9 Å². The molecule has 0 aliphatic carbocycles. The zero-order chi connectivity index (χ0) is 48.5. The van der Waals surface area contributed by atoms with Crippen molar-refractivity contribution < 1.29 is 0 Å². The molecule has 68 heavy (non-hydrogen) atoms. The van der Waals surface area contributed by atoms with Crippen molar-refractivity contribution in [3.63, 3.8) is 0 Å². The second kappa shape index (κ2) is 15.6. The Bertz CT molecular complexity index is 3460. The molecule has 0 N–H and O–H groups in total. The van der Waals surface area contributed by atoms with E-state index in [1.165, 1.54) is 110 Å². The maximum Gasteiger partial charge on any atom is 0.0541 e. The van der Waals surface area contributed by atoms with E-state index in [4.69, 9.17) is 0 Å². The molecule has 0 fully saturated rings. The number of hydrogen-bond acceptors (Lipinski definition) is 1. The van der Waals surface area contributed by atoms with Gasteiger partial charge in [-0.2, -0.15) is 0 Å². The third-order valence-corrected chi connectivity index (χ3v) is 14.6. The van der Waals surface area contributed by atoms with Crippen molar-refractivity contribution in [3.05, 3.63) is 179 Å². The number of anilines is 3. The largest absolute Gasteiger partial charge is 0.310 e. The lowest BCUT2D eigenvalue weighted by Crippen LogP contribution is -2.20. The lowest BCUT2D eigenvalue weighted by atomic mass is 9.76. The molecule has 0 aliphatic rings. The Morgan fingerprint density at radius 1 is 0.353 bits per heavy atom. The molecule has 0 bridgehead atoms. The molecule has 0 atom stereocenters. The number of aromatic nitrogens is 1. The Kier molecular flexibility index (Phi) is 10.4. The molecular weight excluding hydrogens is 821 g/mol. The Morgan fingerprint density at radius 3 is 1.32 bits per heavy atom. The molecule has 0 aliphatic heterocycles. The lowest BCUT2D eigenvalue weighted by Gasteiger charge is -2.33. The summed E-state index contributed by atoms with van der Waals surface area (Å²) in [5, 5.41) is 10.1. The van der Waals surface area contributed by atoms with Gasteiger partial charge in [-0.05, 0) is 136 Å². The first kappa shape index (κ1) is 45.4. The van der Waals surface area contributed by atoms with E-state index in [0.717, 1.165) is 5.69 Å². The van der Waals surface area contributed by atoms with Gasteiger partial charge in [0.15, 0.2) is 0 Å². The first-order valence-corrected chi connectivity index (χ1v) is 24.8. The minimum Gasteiger partial charge on any atom is -0.310 e. The zero-order valence-corrected chi connectivity index (χ0v) is 43.3. The van der Waals surface area contributed by atoms with Gasteiger partial charge >= 0.3 is 0 Å². The topological polar surface area (TPSA) is 8.17 Å². The quantitative estimate of drug-likeness (QED) is 0.156. The summed E-state index contributed by atoms with van der Waals surface area (Å²) >= 11 is 0. The molecule has 10 aromatic rings. The average molecular weight is 891 g/mol. The van der Waals surface area contributed by atoms with Crippen molar-refractivity contribution in [2.75, 3.05) is 4.90 Å². The standard InChI is InChI=1S/C66H70N2/c1-62(2,3)44-34-43(35-45(36-44)63(4,5)6)54-40-48(28-31-55(54)66(13,14)15)67(49-38-46(64(7,8)9)37-47(39-49)65(10,11)12)58-32-26-41-25-30-53-59(33-27-42-24-29-52(58)60(41)61(42)53)68-56-22-18-16-20-50(56)51-21-17-19-23-57(51)68/h16-40H,1-15H3. The number of benzene rings is 9. The van der Waals surface area contributed by atoms with Gasteiger partial charge in [0.1, 0.15) is 0 Å². The number of para-hydroxylation sites is 2. The van der Waals surface area contributed by atoms with E-state index in [9.17, 15) is 0 Å². The second-order valence-electron chi connectivity index (χ2n) is 24.8. The summed E-state index contributed by atoms with van der Waals surface area (Å²) in [5.41, 5.74) is 16.2. The molecule has 2 nitrogen and oxygen atoms in total. The fourth-order valence-electron chi connectivity index (χ4n) is 10.6. The van der Waals surface area contributed by atoms with Crippen LogP contribution < -0.4 is 4.90 Å². The van der Waals surface area contributed by atoms with Crippen LogP contribution >= 0.6 is 0 Å². The molecule has 0 unspecified atom stereocenters. The molecule has 1 heterocycles. The Labute approximate surface area is 406 Å². The lowest BCUT2D eigenvalue weighted by molar-refractivity contribution is 0.568. The van der Waals surface area contributed by atoms with Crippen LogP contribution in [0, 0.1) is 0 Å². The van der Waals surface area contributed by atoms with E-state index >= 15 is 0 Å². The maximum absolute atomic E-state index is 2.58. The smallest absolute Gasteiger partial charge is 0.0541 e. The van der Waals surface area contributed by atoms with Crippen LogP contribution in [-0.2, 0) is 27.1 Å². The molecule has 0 spiro atoms. The van der Waals surface area contributed by atoms with Gasteiger partial charge in [-0.3, -0.25) is 0 Å². The highest BCUT2D eigenvalue weighted by Gasteiger charge is 2.29. The van der Waals surface area contributed by atoms with Gasteiger partial charge in [-0.15, -0.1) is 0 Å². The van der Waals surface area contributed by atoms with E-state index in [2.05, 4.69) is 265 Å². The Morgan fingerprint density at radius 2 is 0.809 bits per heavy atom. The van der Waals surface area contributed by atoms with Crippen LogP contribution in [0.4, 0.5) is 17.1 Å². The summed E-state index contributed by atoms with van der Waals surface area (Å²) in [6.07, 6.45) is 0. The highest BCUT2D eigenvalue weighted by molar-refractivity contribution is 6.27. The van der Waals surface area contributed by atoms with E-state index in [1.807, 2.05) is 0 Å². The van der Waals surface area contributed by atoms with Crippen LogP contribution in [0.15, 0.2) is 152 Å². The van der Waals surface area contributed by atoms with Crippen LogP contribution in [0.2, 0.25) is 0 Å². The van der Waals surface area contributed by atoms with Crippen LogP contribution in [0.25, 0.3) is 70.9 Å². The summed E-state index contributed by atoms with van der Waals surface area (Å²) in [6, 6.07) is 58.6. The van der Waals surface area contributed by atoms with E-state index in [1.54, 1.807) is 0 Å². The second-order valence-corrected chi connectivity index (χ2v) is 24.8. The number of rotatable bonds is 5. The molecular formula is C66H70N2. The third kappa shape index (κ3) is 7.75. The van der Waals surface area contributed by atoms with Crippen LogP contribution in [0.1, 0.15) is 132 Å². The van der Waals surface area contributed by atoms with Gasteiger partial charge in [-0.1, -0.05) is 207 Å². The predicted octanol–water partition coefficient (Wildman–Crippen LogP) is 19.3. The fraction of sp³-hybridized carbons (Fsp3) is 0.303. The zero-order valence-electron chi connectivity index (χ0n) is 43.3. The van der Waals surface area contributed by atoms with Crippen molar-refractivity contribution in [3.8, 4) is 16.8 Å². The summed E-state index contributed by atoms with van der Waals surface area (Å²) in [4.78, 5) is 2.58. The highest BCUT2D eigenvalue weighted by Crippen LogP contribution is 2.49.